The van der Waals surface area contributed by atoms with Gasteiger partial charge in [-0.3, -0.25) is 5.43 Å². The summed E-state index contributed by atoms with van der Waals surface area (Å²) in [5.74, 6) is 11.3. The Bertz CT molecular complexity index is 371. The van der Waals surface area contributed by atoms with Gasteiger partial charge in [-0.15, -0.1) is 0 Å². The number of carbonyl (C=O) groups excluding carboxylic acids is 1. The standard InChI is InChI=1S/C10H16N4O2/c1-7-8(14(12)10(15)13-11)5-3-4-6-9(7)16-2/h3-4,6H,5,11-12H2,1-2H3,(H,13,15). The molecule has 1 rings (SSSR count). The van der Waals surface area contributed by atoms with Crippen LogP contribution in [0.1, 0.15) is 13.3 Å². The first-order chi connectivity index (χ1) is 7.61. The fourth-order valence-corrected chi connectivity index (χ4v) is 1.45. The number of rotatable bonds is 2. The Hall–Kier alpha value is -1.79. The zero-order valence-electron chi connectivity index (χ0n) is 9.36. The van der Waals surface area contributed by atoms with Gasteiger partial charge in [0, 0.05) is 12.0 Å². The molecule has 0 aromatic heterocycles. The highest BCUT2D eigenvalue weighted by molar-refractivity contribution is 5.75. The van der Waals surface area contributed by atoms with Crippen LogP contribution in [-0.2, 0) is 4.74 Å². The molecule has 16 heavy (non-hydrogen) atoms. The second-order valence-electron chi connectivity index (χ2n) is 3.26. The van der Waals surface area contributed by atoms with Gasteiger partial charge in [-0.2, -0.15) is 0 Å². The molecule has 0 aromatic carbocycles. The summed E-state index contributed by atoms with van der Waals surface area (Å²) in [6.45, 7) is 1.83. The van der Waals surface area contributed by atoms with Gasteiger partial charge in [0.25, 0.3) is 0 Å². The highest BCUT2D eigenvalue weighted by atomic mass is 16.5. The minimum Gasteiger partial charge on any atom is -0.496 e. The third-order valence-corrected chi connectivity index (χ3v) is 2.35. The summed E-state index contributed by atoms with van der Waals surface area (Å²) in [4.78, 5) is 11.3. The van der Waals surface area contributed by atoms with Crippen molar-refractivity contribution in [2.75, 3.05) is 7.11 Å². The van der Waals surface area contributed by atoms with Crippen LogP contribution in [0.25, 0.3) is 0 Å². The maximum absolute atomic E-state index is 11.3. The maximum atomic E-state index is 11.3. The summed E-state index contributed by atoms with van der Waals surface area (Å²) in [5, 5.41) is 0.984. The molecule has 5 N–H and O–H groups in total. The van der Waals surface area contributed by atoms with Crippen LogP contribution in [0.5, 0.6) is 0 Å². The van der Waals surface area contributed by atoms with E-state index >= 15 is 0 Å². The third-order valence-electron chi connectivity index (χ3n) is 2.35. The number of carbonyl (C=O) groups is 1. The molecule has 0 heterocycles. The Kier molecular flexibility index (Phi) is 4.10. The van der Waals surface area contributed by atoms with Crippen LogP contribution in [0.15, 0.2) is 35.3 Å². The molecule has 0 saturated heterocycles. The second kappa shape index (κ2) is 5.34. The number of allylic oxidation sites excluding steroid dienone is 4. The van der Waals surface area contributed by atoms with Crippen LogP contribution in [-0.4, -0.2) is 18.1 Å². The summed E-state index contributed by atoms with van der Waals surface area (Å²) < 4.78 is 5.18. The van der Waals surface area contributed by atoms with Crippen molar-refractivity contribution in [3.63, 3.8) is 0 Å². The molecule has 0 spiro atoms. The third kappa shape index (κ3) is 2.41. The number of methoxy groups -OCH3 is 1. The van der Waals surface area contributed by atoms with Crippen LogP contribution in [0.4, 0.5) is 4.79 Å². The molecule has 6 nitrogen and oxygen atoms in total. The van der Waals surface area contributed by atoms with E-state index in [0.717, 1.165) is 10.6 Å². The molecule has 0 aromatic rings. The minimum atomic E-state index is -0.569. The molecule has 0 unspecified atom stereocenters. The molecule has 0 fully saturated rings. The zero-order chi connectivity index (χ0) is 12.1. The maximum Gasteiger partial charge on any atom is 0.350 e. The van der Waals surface area contributed by atoms with Crippen LogP contribution in [0.3, 0.4) is 0 Å². The van der Waals surface area contributed by atoms with Crippen molar-refractivity contribution < 1.29 is 9.53 Å². The van der Waals surface area contributed by atoms with Crippen molar-refractivity contribution in [2.24, 2.45) is 11.7 Å². The Labute approximate surface area is 94.2 Å². The van der Waals surface area contributed by atoms with Crippen LogP contribution in [0.2, 0.25) is 0 Å². The highest BCUT2D eigenvalue weighted by Crippen LogP contribution is 2.22. The predicted molar refractivity (Wildman–Crippen MR) is 60.3 cm³/mol. The van der Waals surface area contributed by atoms with Gasteiger partial charge in [0.2, 0.25) is 0 Å². The Morgan fingerprint density at radius 2 is 2.31 bits per heavy atom. The summed E-state index contributed by atoms with van der Waals surface area (Å²) in [5.41, 5.74) is 3.43. The molecule has 2 amide bonds. The normalized spacial score (nSPS) is 15.4. The lowest BCUT2D eigenvalue weighted by Crippen LogP contribution is -2.47. The van der Waals surface area contributed by atoms with E-state index in [1.165, 1.54) is 0 Å². The highest BCUT2D eigenvalue weighted by Gasteiger charge is 2.18. The monoisotopic (exact) mass is 224 g/mol. The predicted octanol–water partition coefficient (Wildman–Crippen LogP) is 0.510. The summed E-state index contributed by atoms with van der Waals surface area (Å²) in [6, 6.07) is -0.569. The first kappa shape index (κ1) is 12.3. The van der Waals surface area contributed by atoms with E-state index in [0.29, 0.717) is 17.9 Å². The van der Waals surface area contributed by atoms with Crippen LogP contribution in [0, 0.1) is 0 Å². The average Bonchev–Trinajstić information content (AvgIpc) is 2.49. The summed E-state index contributed by atoms with van der Waals surface area (Å²) in [6.07, 6.45) is 6.09. The van der Waals surface area contributed by atoms with E-state index < -0.39 is 6.03 Å². The van der Waals surface area contributed by atoms with Gasteiger partial charge in [-0.05, 0) is 13.0 Å². The molecule has 1 aliphatic rings. The first-order valence-corrected chi connectivity index (χ1v) is 4.78. The number of nitrogens with zero attached hydrogens (tertiary/aromatic N) is 1. The van der Waals surface area contributed by atoms with E-state index in [1.54, 1.807) is 7.11 Å². The van der Waals surface area contributed by atoms with Gasteiger partial charge in [0.15, 0.2) is 0 Å². The zero-order valence-corrected chi connectivity index (χ0v) is 9.36. The fourth-order valence-electron chi connectivity index (χ4n) is 1.45. The molecule has 1 aliphatic carbocycles. The SMILES string of the molecule is COC1=CC=CCC(N(N)C(=O)NN)=C1C. The van der Waals surface area contributed by atoms with Crippen molar-refractivity contribution in [1.29, 1.82) is 0 Å². The van der Waals surface area contributed by atoms with Crippen molar-refractivity contribution in [1.82, 2.24) is 10.4 Å². The molecular weight excluding hydrogens is 208 g/mol. The summed E-state index contributed by atoms with van der Waals surface area (Å²) in [7, 11) is 1.57. The first-order valence-electron chi connectivity index (χ1n) is 4.78. The van der Waals surface area contributed by atoms with Gasteiger partial charge >= 0.3 is 6.03 Å². The van der Waals surface area contributed by atoms with E-state index in [2.05, 4.69) is 0 Å². The van der Waals surface area contributed by atoms with Gasteiger partial charge in [-0.25, -0.2) is 21.5 Å². The topological polar surface area (TPSA) is 93.6 Å². The number of nitrogens with two attached hydrogens (primary N) is 2. The quantitative estimate of drug-likeness (QED) is 0.362. The minimum absolute atomic E-state index is 0.541. The lowest BCUT2D eigenvalue weighted by molar-refractivity contribution is 0.210. The lowest BCUT2D eigenvalue weighted by Gasteiger charge is -2.21. The number of urea groups is 1. The van der Waals surface area contributed by atoms with Gasteiger partial charge < -0.3 is 4.74 Å². The van der Waals surface area contributed by atoms with E-state index in [1.807, 2.05) is 30.6 Å². The largest absolute Gasteiger partial charge is 0.496 e. The number of hydrogen-bond acceptors (Lipinski definition) is 4. The number of ether oxygens (including phenoxy) is 1. The van der Waals surface area contributed by atoms with Crippen molar-refractivity contribution in [3.8, 4) is 0 Å². The Morgan fingerprint density at radius 1 is 1.62 bits per heavy atom. The lowest BCUT2D eigenvalue weighted by atomic mass is 10.1. The molecular formula is C10H16N4O2. The second-order valence-corrected chi connectivity index (χ2v) is 3.26. The number of nitrogens with one attached hydrogen (secondary N) is 1. The van der Waals surface area contributed by atoms with Crippen molar-refractivity contribution >= 4 is 6.03 Å². The fraction of sp³-hybridized carbons (Fsp3) is 0.300. The number of amides is 2. The molecule has 0 atom stereocenters. The van der Waals surface area contributed by atoms with Crippen LogP contribution >= 0.6 is 0 Å². The van der Waals surface area contributed by atoms with Crippen molar-refractivity contribution in [3.05, 3.63) is 35.3 Å². The number of hydrazine groups is 2. The smallest absolute Gasteiger partial charge is 0.350 e. The summed E-state index contributed by atoms with van der Waals surface area (Å²) >= 11 is 0. The van der Waals surface area contributed by atoms with Crippen molar-refractivity contribution in [2.45, 2.75) is 13.3 Å². The van der Waals surface area contributed by atoms with E-state index in [-0.39, 0.29) is 0 Å². The average molecular weight is 224 g/mol. The van der Waals surface area contributed by atoms with E-state index in [9.17, 15) is 4.79 Å². The Balaban J connectivity index is 3.06. The number of hydrogen-bond donors (Lipinski definition) is 3. The molecule has 0 radical (unpaired) electrons. The Morgan fingerprint density at radius 3 is 2.88 bits per heavy atom. The van der Waals surface area contributed by atoms with Gasteiger partial charge in [0.05, 0.1) is 12.8 Å². The molecule has 0 aliphatic heterocycles. The van der Waals surface area contributed by atoms with Gasteiger partial charge in [0.1, 0.15) is 5.76 Å². The van der Waals surface area contributed by atoms with Gasteiger partial charge in [-0.1, -0.05) is 12.2 Å². The van der Waals surface area contributed by atoms with Crippen LogP contribution < -0.4 is 17.1 Å². The van der Waals surface area contributed by atoms with E-state index in [4.69, 9.17) is 16.4 Å². The molecule has 88 valence electrons. The molecule has 0 saturated carbocycles. The molecule has 0 bridgehead atoms. The molecule has 6 heteroatoms.